The van der Waals surface area contributed by atoms with E-state index < -0.39 is 0 Å². The standard InChI is InChI=1S/C13H19NO/c1-9(2)11-8-12-10(5-4-6-14-12)7-13(11)15-3/h4-5,7,9,12,14H,6,8H2,1-3H3. The van der Waals surface area contributed by atoms with Gasteiger partial charge >= 0.3 is 0 Å². The fraction of sp³-hybridized carbons (Fsp3) is 0.538. The lowest BCUT2D eigenvalue weighted by molar-refractivity contribution is 0.290. The van der Waals surface area contributed by atoms with Crippen LogP contribution in [0.1, 0.15) is 20.3 Å². The van der Waals surface area contributed by atoms with Gasteiger partial charge in [0.05, 0.1) is 7.11 Å². The molecule has 1 atom stereocenters. The van der Waals surface area contributed by atoms with Crippen LogP contribution in [-0.4, -0.2) is 19.7 Å². The van der Waals surface area contributed by atoms with E-state index in [1.165, 1.54) is 11.1 Å². The minimum atomic E-state index is 0.492. The average molecular weight is 205 g/mol. The Morgan fingerprint density at radius 2 is 2.27 bits per heavy atom. The predicted octanol–water partition coefficient (Wildman–Crippen LogP) is 2.40. The Balaban J connectivity index is 2.33. The van der Waals surface area contributed by atoms with Crippen LogP contribution in [0.5, 0.6) is 0 Å². The second-order valence-corrected chi connectivity index (χ2v) is 4.46. The molecule has 1 aliphatic carbocycles. The summed E-state index contributed by atoms with van der Waals surface area (Å²) in [5.74, 6) is 1.62. The van der Waals surface area contributed by atoms with Gasteiger partial charge < -0.3 is 10.1 Å². The first-order valence-electron chi connectivity index (χ1n) is 5.61. The number of methoxy groups -OCH3 is 1. The summed E-state index contributed by atoms with van der Waals surface area (Å²) in [7, 11) is 1.76. The fourth-order valence-corrected chi connectivity index (χ4v) is 2.25. The first-order chi connectivity index (χ1) is 7.22. The van der Waals surface area contributed by atoms with E-state index in [-0.39, 0.29) is 0 Å². The van der Waals surface area contributed by atoms with E-state index in [9.17, 15) is 0 Å². The maximum Gasteiger partial charge on any atom is 0.118 e. The summed E-state index contributed by atoms with van der Waals surface area (Å²) in [6.07, 6.45) is 7.62. The van der Waals surface area contributed by atoms with Gasteiger partial charge in [-0.1, -0.05) is 26.0 Å². The monoisotopic (exact) mass is 205 g/mol. The van der Waals surface area contributed by atoms with Crippen molar-refractivity contribution in [1.29, 1.82) is 0 Å². The van der Waals surface area contributed by atoms with Gasteiger partial charge in [-0.3, -0.25) is 0 Å². The van der Waals surface area contributed by atoms with Gasteiger partial charge in [-0.15, -0.1) is 0 Å². The van der Waals surface area contributed by atoms with Gasteiger partial charge in [0, 0.05) is 12.6 Å². The van der Waals surface area contributed by atoms with Gasteiger partial charge in [0.2, 0.25) is 0 Å². The maximum absolute atomic E-state index is 5.46. The molecule has 82 valence electrons. The molecule has 0 aromatic carbocycles. The van der Waals surface area contributed by atoms with Crippen molar-refractivity contribution in [2.75, 3.05) is 13.7 Å². The maximum atomic E-state index is 5.46. The zero-order chi connectivity index (χ0) is 10.8. The molecule has 1 heterocycles. The highest BCUT2D eigenvalue weighted by Gasteiger charge is 2.24. The third-order valence-electron chi connectivity index (χ3n) is 3.15. The molecule has 0 amide bonds. The first kappa shape index (κ1) is 10.5. The Bertz CT molecular complexity index is 336. The number of allylic oxidation sites excluding steroid dienone is 1. The lowest BCUT2D eigenvalue weighted by atomic mass is 9.85. The Morgan fingerprint density at radius 3 is 2.93 bits per heavy atom. The van der Waals surface area contributed by atoms with Crippen molar-refractivity contribution >= 4 is 0 Å². The number of nitrogens with one attached hydrogen (secondary N) is 1. The molecule has 2 rings (SSSR count). The molecule has 0 bridgehead atoms. The van der Waals surface area contributed by atoms with Crippen LogP contribution in [0.4, 0.5) is 0 Å². The molecular weight excluding hydrogens is 186 g/mol. The van der Waals surface area contributed by atoms with Crippen molar-refractivity contribution in [2.45, 2.75) is 26.3 Å². The van der Waals surface area contributed by atoms with Crippen LogP contribution in [0.15, 0.2) is 35.1 Å². The summed E-state index contributed by atoms with van der Waals surface area (Å²) >= 11 is 0. The Morgan fingerprint density at radius 1 is 1.47 bits per heavy atom. The third kappa shape index (κ3) is 2.00. The van der Waals surface area contributed by atoms with Crippen LogP contribution in [-0.2, 0) is 4.74 Å². The summed E-state index contributed by atoms with van der Waals surface area (Å²) in [6, 6.07) is 0.492. The average Bonchev–Trinajstić information content (AvgIpc) is 2.27. The number of rotatable bonds is 2. The van der Waals surface area contributed by atoms with E-state index >= 15 is 0 Å². The molecule has 0 spiro atoms. The molecular formula is C13H19NO. The normalized spacial score (nSPS) is 25.3. The molecule has 1 aliphatic heterocycles. The zero-order valence-electron chi connectivity index (χ0n) is 9.71. The Kier molecular flexibility index (Phi) is 2.96. The van der Waals surface area contributed by atoms with Crippen LogP contribution in [0.3, 0.4) is 0 Å². The molecule has 2 heteroatoms. The second-order valence-electron chi connectivity index (χ2n) is 4.46. The quantitative estimate of drug-likeness (QED) is 0.747. The van der Waals surface area contributed by atoms with Gasteiger partial charge in [0.1, 0.15) is 5.76 Å². The lowest BCUT2D eigenvalue weighted by Gasteiger charge is -2.30. The van der Waals surface area contributed by atoms with Crippen molar-refractivity contribution < 1.29 is 4.74 Å². The second kappa shape index (κ2) is 4.23. The number of fused-ring (bicyclic) bond motifs is 1. The summed E-state index contributed by atoms with van der Waals surface area (Å²) < 4.78 is 5.46. The molecule has 0 saturated carbocycles. The SMILES string of the molecule is COC1=C(C(C)C)CC2NCC=CC2=C1. The van der Waals surface area contributed by atoms with E-state index in [1.807, 2.05) is 0 Å². The molecule has 2 aliphatic rings. The van der Waals surface area contributed by atoms with E-state index in [1.54, 1.807) is 7.11 Å². The van der Waals surface area contributed by atoms with E-state index in [0.717, 1.165) is 18.7 Å². The van der Waals surface area contributed by atoms with Crippen LogP contribution < -0.4 is 5.32 Å². The minimum absolute atomic E-state index is 0.492. The van der Waals surface area contributed by atoms with Crippen LogP contribution in [0.2, 0.25) is 0 Å². The Labute approximate surface area is 91.7 Å². The van der Waals surface area contributed by atoms with Gasteiger partial charge in [-0.05, 0) is 29.6 Å². The smallest absolute Gasteiger partial charge is 0.118 e. The van der Waals surface area contributed by atoms with Gasteiger partial charge in [-0.2, -0.15) is 0 Å². The molecule has 0 radical (unpaired) electrons. The Hall–Kier alpha value is -1.02. The molecule has 0 aromatic rings. The van der Waals surface area contributed by atoms with Crippen LogP contribution in [0.25, 0.3) is 0 Å². The summed E-state index contributed by atoms with van der Waals surface area (Å²) in [4.78, 5) is 0. The van der Waals surface area contributed by atoms with Gasteiger partial charge in [0.15, 0.2) is 0 Å². The third-order valence-corrected chi connectivity index (χ3v) is 3.15. The topological polar surface area (TPSA) is 21.3 Å². The highest BCUT2D eigenvalue weighted by molar-refractivity contribution is 5.41. The molecule has 0 saturated heterocycles. The number of ether oxygens (including phenoxy) is 1. The highest BCUT2D eigenvalue weighted by atomic mass is 16.5. The van der Waals surface area contributed by atoms with Crippen molar-refractivity contribution in [3.63, 3.8) is 0 Å². The van der Waals surface area contributed by atoms with Crippen LogP contribution in [0, 0.1) is 5.92 Å². The number of hydrogen-bond acceptors (Lipinski definition) is 2. The lowest BCUT2D eigenvalue weighted by Crippen LogP contribution is -2.36. The largest absolute Gasteiger partial charge is 0.497 e. The zero-order valence-corrected chi connectivity index (χ0v) is 9.71. The van der Waals surface area contributed by atoms with Crippen molar-refractivity contribution in [2.24, 2.45) is 5.92 Å². The predicted molar refractivity (Wildman–Crippen MR) is 62.5 cm³/mol. The molecule has 2 nitrogen and oxygen atoms in total. The summed E-state index contributed by atoms with van der Waals surface area (Å²) in [5, 5.41) is 3.51. The van der Waals surface area contributed by atoms with Crippen LogP contribution >= 0.6 is 0 Å². The van der Waals surface area contributed by atoms with E-state index in [4.69, 9.17) is 4.74 Å². The first-order valence-corrected chi connectivity index (χ1v) is 5.61. The molecule has 0 fully saturated rings. The molecule has 0 aromatic heterocycles. The van der Waals surface area contributed by atoms with Gasteiger partial charge in [0.25, 0.3) is 0 Å². The summed E-state index contributed by atoms with van der Waals surface area (Å²) in [6.45, 7) is 5.44. The fourth-order valence-electron chi connectivity index (χ4n) is 2.25. The van der Waals surface area contributed by atoms with Gasteiger partial charge in [-0.25, -0.2) is 0 Å². The minimum Gasteiger partial charge on any atom is -0.497 e. The van der Waals surface area contributed by atoms with Crippen molar-refractivity contribution in [3.8, 4) is 0 Å². The van der Waals surface area contributed by atoms with Crippen molar-refractivity contribution in [1.82, 2.24) is 5.32 Å². The molecule has 1 unspecified atom stereocenters. The van der Waals surface area contributed by atoms with Crippen molar-refractivity contribution in [3.05, 3.63) is 35.1 Å². The van der Waals surface area contributed by atoms with E-state index in [0.29, 0.717) is 12.0 Å². The molecule has 15 heavy (non-hydrogen) atoms. The number of hydrogen-bond donors (Lipinski definition) is 1. The summed E-state index contributed by atoms with van der Waals surface area (Å²) in [5.41, 5.74) is 2.77. The van der Waals surface area contributed by atoms with E-state index in [2.05, 4.69) is 37.4 Å². The highest BCUT2D eigenvalue weighted by Crippen LogP contribution is 2.31. The molecule has 1 N–H and O–H groups in total.